The Labute approximate surface area is 111 Å². The Morgan fingerprint density at radius 3 is 2.84 bits per heavy atom. The van der Waals surface area contributed by atoms with Gasteiger partial charge in [-0.25, -0.2) is 0 Å². The zero-order valence-corrected chi connectivity index (χ0v) is 10.8. The number of ether oxygens (including phenoxy) is 2. The van der Waals surface area contributed by atoms with Crippen LogP contribution in [-0.4, -0.2) is 25.0 Å². The molecule has 1 aromatic heterocycles. The van der Waals surface area contributed by atoms with Gasteiger partial charge in [-0.15, -0.1) is 0 Å². The van der Waals surface area contributed by atoms with E-state index in [1.807, 2.05) is 24.3 Å². The van der Waals surface area contributed by atoms with Gasteiger partial charge in [0.2, 0.25) is 0 Å². The Balaban J connectivity index is 1.72. The van der Waals surface area contributed by atoms with E-state index in [0.29, 0.717) is 18.2 Å². The van der Waals surface area contributed by atoms with Gasteiger partial charge in [0.05, 0.1) is 19.8 Å². The van der Waals surface area contributed by atoms with Gasteiger partial charge in [-0.3, -0.25) is 0 Å². The fourth-order valence-corrected chi connectivity index (χ4v) is 1.96. The summed E-state index contributed by atoms with van der Waals surface area (Å²) in [5, 5.41) is 3.68. The van der Waals surface area contributed by atoms with Crippen LogP contribution in [0.4, 0.5) is 5.82 Å². The van der Waals surface area contributed by atoms with Crippen LogP contribution in [0.1, 0.15) is 6.92 Å². The van der Waals surface area contributed by atoms with Crippen LogP contribution in [0.5, 0.6) is 5.75 Å². The third-order valence-corrected chi connectivity index (χ3v) is 3.14. The fourth-order valence-electron chi connectivity index (χ4n) is 1.96. The van der Waals surface area contributed by atoms with Gasteiger partial charge in [0.25, 0.3) is 0 Å². The molecule has 19 heavy (non-hydrogen) atoms. The normalized spacial score (nSPS) is 16.9. The molecule has 3 rings (SSSR count). The second-order valence-electron chi connectivity index (χ2n) is 5.24. The molecule has 1 aliphatic rings. The van der Waals surface area contributed by atoms with Crippen molar-refractivity contribution in [2.75, 3.05) is 25.6 Å². The SMILES string of the molecule is CC1(COc2cccc(-c3cc(N)no3)c2)COC1. The van der Waals surface area contributed by atoms with Crippen LogP contribution < -0.4 is 10.5 Å². The second-order valence-corrected chi connectivity index (χ2v) is 5.24. The average Bonchev–Trinajstić information content (AvgIpc) is 2.81. The van der Waals surface area contributed by atoms with Gasteiger partial charge in [-0.05, 0) is 12.1 Å². The monoisotopic (exact) mass is 260 g/mol. The van der Waals surface area contributed by atoms with Crippen molar-refractivity contribution in [2.24, 2.45) is 5.41 Å². The molecule has 5 heteroatoms. The van der Waals surface area contributed by atoms with Gasteiger partial charge in [0.1, 0.15) is 5.75 Å². The van der Waals surface area contributed by atoms with Crippen LogP contribution in [-0.2, 0) is 4.74 Å². The number of aromatic nitrogens is 1. The summed E-state index contributed by atoms with van der Waals surface area (Å²) in [5.41, 5.74) is 6.58. The summed E-state index contributed by atoms with van der Waals surface area (Å²) >= 11 is 0. The Morgan fingerprint density at radius 1 is 1.37 bits per heavy atom. The Kier molecular flexibility index (Phi) is 2.91. The molecule has 0 bridgehead atoms. The number of nitrogens with two attached hydrogens (primary N) is 1. The number of hydrogen-bond donors (Lipinski definition) is 1. The maximum absolute atomic E-state index is 5.81. The minimum absolute atomic E-state index is 0.132. The first-order chi connectivity index (χ1) is 9.15. The zero-order valence-electron chi connectivity index (χ0n) is 10.8. The maximum atomic E-state index is 5.81. The van der Waals surface area contributed by atoms with Gasteiger partial charge >= 0.3 is 0 Å². The van der Waals surface area contributed by atoms with Gasteiger partial charge in [0.15, 0.2) is 11.6 Å². The van der Waals surface area contributed by atoms with Crippen LogP contribution in [0.15, 0.2) is 34.9 Å². The Bertz CT molecular complexity index is 576. The van der Waals surface area contributed by atoms with Crippen molar-refractivity contribution in [3.8, 4) is 17.1 Å². The van der Waals surface area contributed by atoms with Gasteiger partial charge in [0, 0.05) is 17.0 Å². The van der Waals surface area contributed by atoms with E-state index in [4.69, 9.17) is 19.7 Å². The van der Waals surface area contributed by atoms with E-state index in [-0.39, 0.29) is 5.41 Å². The molecule has 0 amide bonds. The van der Waals surface area contributed by atoms with Crippen LogP contribution in [0.2, 0.25) is 0 Å². The van der Waals surface area contributed by atoms with Crippen molar-refractivity contribution in [1.82, 2.24) is 5.16 Å². The molecule has 1 fully saturated rings. The Hall–Kier alpha value is -2.01. The number of hydrogen-bond acceptors (Lipinski definition) is 5. The first-order valence-corrected chi connectivity index (χ1v) is 6.18. The highest BCUT2D eigenvalue weighted by Gasteiger charge is 2.34. The highest BCUT2D eigenvalue weighted by Crippen LogP contribution is 2.29. The first-order valence-electron chi connectivity index (χ1n) is 6.18. The molecule has 0 aliphatic carbocycles. The number of nitrogen functional groups attached to an aromatic ring is 1. The number of anilines is 1. The van der Waals surface area contributed by atoms with Gasteiger partial charge < -0.3 is 19.7 Å². The predicted molar refractivity (Wildman–Crippen MR) is 70.8 cm³/mol. The molecule has 5 nitrogen and oxygen atoms in total. The lowest BCUT2D eigenvalue weighted by molar-refractivity contribution is -0.120. The van der Waals surface area contributed by atoms with Crippen molar-refractivity contribution in [3.63, 3.8) is 0 Å². The molecule has 2 aromatic rings. The van der Waals surface area contributed by atoms with E-state index < -0.39 is 0 Å². The molecular weight excluding hydrogens is 244 g/mol. The minimum atomic E-state index is 0.132. The topological polar surface area (TPSA) is 70.5 Å². The molecule has 0 atom stereocenters. The van der Waals surface area contributed by atoms with E-state index in [1.165, 1.54) is 0 Å². The lowest BCUT2D eigenvalue weighted by atomic mass is 9.90. The third-order valence-electron chi connectivity index (χ3n) is 3.14. The van der Waals surface area contributed by atoms with Crippen LogP contribution >= 0.6 is 0 Å². The molecule has 2 heterocycles. The summed E-state index contributed by atoms with van der Waals surface area (Å²) in [5.74, 6) is 1.82. The number of rotatable bonds is 4. The van der Waals surface area contributed by atoms with Crippen molar-refractivity contribution in [3.05, 3.63) is 30.3 Å². The molecule has 1 aliphatic heterocycles. The summed E-state index contributed by atoms with van der Waals surface area (Å²) in [7, 11) is 0. The fraction of sp³-hybridized carbons (Fsp3) is 0.357. The van der Waals surface area contributed by atoms with Crippen molar-refractivity contribution in [2.45, 2.75) is 6.92 Å². The summed E-state index contributed by atoms with van der Waals surface area (Å²) < 4.78 is 16.1. The third kappa shape index (κ3) is 2.56. The quantitative estimate of drug-likeness (QED) is 0.913. The summed E-state index contributed by atoms with van der Waals surface area (Å²) in [6.45, 7) is 4.31. The van der Waals surface area contributed by atoms with Crippen LogP contribution in [0, 0.1) is 5.41 Å². The van der Waals surface area contributed by atoms with Crippen LogP contribution in [0.25, 0.3) is 11.3 Å². The summed E-state index contributed by atoms with van der Waals surface area (Å²) in [6.07, 6.45) is 0. The van der Waals surface area contributed by atoms with Gasteiger partial charge in [-0.2, -0.15) is 0 Å². The van der Waals surface area contributed by atoms with Crippen LogP contribution in [0.3, 0.4) is 0 Å². The molecule has 0 saturated carbocycles. The summed E-state index contributed by atoms with van der Waals surface area (Å²) in [4.78, 5) is 0. The lowest BCUT2D eigenvalue weighted by Crippen LogP contribution is -2.44. The van der Waals surface area contributed by atoms with Crippen molar-refractivity contribution in [1.29, 1.82) is 0 Å². The summed E-state index contributed by atoms with van der Waals surface area (Å²) in [6, 6.07) is 9.39. The minimum Gasteiger partial charge on any atom is -0.493 e. The first kappa shape index (κ1) is 12.0. The molecule has 0 radical (unpaired) electrons. The van der Waals surface area contributed by atoms with E-state index in [1.54, 1.807) is 6.07 Å². The second kappa shape index (κ2) is 4.59. The number of nitrogens with zero attached hydrogens (tertiary/aromatic N) is 1. The standard InChI is InChI=1S/C14H16N2O3/c1-14(7-17-8-14)9-18-11-4-2-3-10(5-11)12-6-13(15)16-19-12/h2-6H,7-9H2,1H3,(H2,15,16). The molecule has 100 valence electrons. The highest BCUT2D eigenvalue weighted by atomic mass is 16.5. The molecule has 0 spiro atoms. The van der Waals surface area contributed by atoms with Crippen molar-refractivity contribution >= 4 is 5.82 Å². The highest BCUT2D eigenvalue weighted by molar-refractivity contribution is 5.61. The van der Waals surface area contributed by atoms with E-state index >= 15 is 0 Å². The molecular formula is C14H16N2O3. The maximum Gasteiger partial charge on any atom is 0.169 e. The Morgan fingerprint density at radius 2 is 2.21 bits per heavy atom. The van der Waals surface area contributed by atoms with E-state index in [2.05, 4.69) is 12.1 Å². The van der Waals surface area contributed by atoms with Gasteiger partial charge in [-0.1, -0.05) is 24.2 Å². The van der Waals surface area contributed by atoms with Crippen molar-refractivity contribution < 1.29 is 14.0 Å². The molecule has 1 saturated heterocycles. The molecule has 1 aromatic carbocycles. The predicted octanol–water partition coefficient (Wildman–Crippen LogP) is 2.34. The number of benzene rings is 1. The average molecular weight is 260 g/mol. The molecule has 2 N–H and O–H groups in total. The smallest absolute Gasteiger partial charge is 0.169 e. The largest absolute Gasteiger partial charge is 0.493 e. The van der Waals surface area contributed by atoms with E-state index in [0.717, 1.165) is 24.5 Å². The lowest BCUT2D eigenvalue weighted by Gasteiger charge is -2.37. The van der Waals surface area contributed by atoms with E-state index in [9.17, 15) is 0 Å². The zero-order chi connectivity index (χ0) is 13.3. The molecule has 0 unspecified atom stereocenters.